The summed E-state index contributed by atoms with van der Waals surface area (Å²) in [5.41, 5.74) is 7.50. The maximum Gasteiger partial charge on any atom is 0.215 e. The molecule has 0 aromatic carbocycles. The van der Waals surface area contributed by atoms with Gasteiger partial charge >= 0.3 is 0 Å². The molecule has 2 rings (SSSR count). The van der Waals surface area contributed by atoms with Gasteiger partial charge in [0.1, 0.15) is 5.03 Å². The Kier molecular flexibility index (Phi) is 2.55. The molecule has 6 nitrogen and oxygen atoms in total. The third kappa shape index (κ3) is 2.07. The lowest BCUT2D eigenvalue weighted by atomic mass is 10.3. The number of aryl methyl sites for hydroxylation is 2. The molecule has 7 heteroatoms. The lowest BCUT2D eigenvalue weighted by Gasteiger charge is -2.03. The van der Waals surface area contributed by atoms with Gasteiger partial charge in [-0.05, 0) is 40.7 Å². The summed E-state index contributed by atoms with van der Waals surface area (Å²) in [5, 5.41) is 12.5. The molecule has 0 amide bonds. The number of nitrogens with zero attached hydrogens (tertiary/aromatic N) is 5. The number of pyridine rings is 1. The molecule has 15 heavy (non-hydrogen) atoms. The van der Waals surface area contributed by atoms with Crippen molar-refractivity contribution in [2.45, 2.75) is 17.1 Å². The van der Waals surface area contributed by atoms with E-state index in [0.29, 0.717) is 10.8 Å². The zero-order valence-electron chi connectivity index (χ0n) is 8.38. The minimum Gasteiger partial charge on any atom is -0.397 e. The predicted molar refractivity (Wildman–Crippen MR) is 56.3 cm³/mol. The number of hydrogen-bond acceptors (Lipinski definition) is 6. The first-order chi connectivity index (χ1) is 7.16. The van der Waals surface area contributed by atoms with Gasteiger partial charge in [-0.3, -0.25) is 0 Å². The Morgan fingerprint density at radius 1 is 1.47 bits per heavy atom. The van der Waals surface area contributed by atoms with E-state index in [4.69, 9.17) is 5.73 Å². The number of nitrogens with two attached hydrogens (primary N) is 1. The van der Waals surface area contributed by atoms with Crippen LogP contribution in [0.4, 0.5) is 5.69 Å². The highest BCUT2D eigenvalue weighted by atomic mass is 32.2. The van der Waals surface area contributed by atoms with E-state index in [1.165, 1.54) is 11.8 Å². The van der Waals surface area contributed by atoms with Gasteiger partial charge in [0, 0.05) is 13.2 Å². The summed E-state index contributed by atoms with van der Waals surface area (Å²) in [6.45, 7) is 1.95. The van der Waals surface area contributed by atoms with Crippen LogP contribution in [-0.4, -0.2) is 25.2 Å². The van der Waals surface area contributed by atoms with E-state index in [1.54, 1.807) is 17.9 Å². The van der Waals surface area contributed by atoms with Crippen LogP contribution in [0.5, 0.6) is 0 Å². The molecule has 0 fully saturated rings. The van der Waals surface area contributed by atoms with E-state index in [9.17, 15) is 0 Å². The van der Waals surface area contributed by atoms with Crippen molar-refractivity contribution in [2.75, 3.05) is 5.73 Å². The fourth-order valence-corrected chi connectivity index (χ4v) is 1.76. The van der Waals surface area contributed by atoms with Crippen LogP contribution in [0.25, 0.3) is 0 Å². The SMILES string of the molecule is Cc1cnc(Sc2nnnn2C)c(N)c1. The molecule has 0 atom stereocenters. The van der Waals surface area contributed by atoms with Crippen LogP contribution in [0, 0.1) is 6.92 Å². The molecule has 0 unspecified atom stereocenters. The first-order valence-corrected chi connectivity index (χ1v) is 5.11. The van der Waals surface area contributed by atoms with E-state index in [1.807, 2.05) is 13.0 Å². The van der Waals surface area contributed by atoms with Crippen molar-refractivity contribution in [3.63, 3.8) is 0 Å². The monoisotopic (exact) mass is 222 g/mol. The van der Waals surface area contributed by atoms with E-state index >= 15 is 0 Å². The molecule has 2 N–H and O–H groups in total. The molecule has 78 valence electrons. The maximum absolute atomic E-state index is 5.83. The smallest absolute Gasteiger partial charge is 0.215 e. The summed E-state index contributed by atoms with van der Waals surface area (Å²) in [6.07, 6.45) is 1.77. The molecule has 0 saturated heterocycles. The van der Waals surface area contributed by atoms with Crippen LogP contribution in [-0.2, 0) is 7.05 Å². The molecule has 0 saturated carbocycles. The Bertz CT molecular complexity index is 480. The van der Waals surface area contributed by atoms with Gasteiger partial charge in [-0.2, -0.15) is 0 Å². The minimum atomic E-state index is 0.642. The number of anilines is 1. The normalized spacial score (nSPS) is 10.5. The zero-order valence-corrected chi connectivity index (χ0v) is 9.19. The van der Waals surface area contributed by atoms with Crippen molar-refractivity contribution in [2.24, 2.45) is 7.05 Å². The van der Waals surface area contributed by atoms with Crippen molar-refractivity contribution < 1.29 is 0 Å². The predicted octanol–water partition coefficient (Wildman–Crippen LogP) is 0.647. The fraction of sp³-hybridized carbons (Fsp3) is 0.250. The van der Waals surface area contributed by atoms with Gasteiger partial charge in [0.05, 0.1) is 5.69 Å². The highest BCUT2D eigenvalue weighted by Gasteiger charge is 2.08. The molecular formula is C8H10N6S. The lowest BCUT2D eigenvalue weighted by Crippen LogP contribution is -1.96. The van der Waals surface area contributed by atoms with Gasteiger partial charge < -0.3 is 5.73 Å². The van der Waals surface area contributed by atoms with Crippen molar-refractivity contribution in [3.8, 4) is 0 Å². The Labute approximate surface area is 90.9 Å². The van der Waals surface area contributed by atoms with Crippen LogP contribution in [0.1, 0.15) is 5.56 Å². The average molecular weight is 222 g/mol. The number of rotatable bonds is 2. The zero-order chi connectivity index (χ0) is 10.8. The van der Waals surface area contributed by atoms with E-state index in [2.05, 4.69) is 20.5 Å². The molecule has 0 bridgehead atoms. The van der Waals surface area contributed by atoms with E-state index in [-0.39, 0.29) is 0 Å². The first-order valence-electron chi connectivity index (χ1n) is 4.29. The van der Waals surface area contributed by atoms with Crippen LogP contribution in [0.15, 0.2) is 22.4 Å². The summed E-state index contributed by atoms with van der Waals surface area (Å²) < 4.78 is 1.58. The third-order valence-corrected chi connectivity index (χ3v) is 2.85. The van der Waals surface area contributed by atoms with Gasteiger partial charge in [0.2, 0.25) is 5.16 Å². The summed E-state index contributed by atoms with van der Waals surface area (Å²) in [5.74, 6) is 0. The summed E-state index contributed by atoms with van der Waals surface area (Å²) >= 11 is 1.35. The molecular weight excluding hydrogens is 212 g/mol. The molecule has 2 aromatic heterocycles. The second kappa shape index (κ2) is 3.85. The van der Waals surface area contributed by atoms with Crippen molar-refractivity contribution >= 4 is 17.4 Å². The van der Waals surface area contributed by atoms with E-state index in [0.717, 1.165) is 10.6 Å². The van der Waals surface area contributed by atoms with Gasteiger partial charge in [-0.15, -0.1) is 5.10 Å². The maximum atomic E-state index is 5.83. The molecule has 2 heterocycles. The van der Waals surface area contributed by atoms with Crippen LogP contribution < -0.4 is 5.73 Å². The quantitative estimate of drug-likeness (QED) is 0.803. The number of tetrazole rings is 1. The molecule has 0 aliphatic carbocycles. The second-order valence-electron chi connectivity index (χ2n) is 3.09. The Balaban J connectivity index is 2.29. The van der Waals surface area contributed by atoms with Crippen molar-refractivity contribution in [1.82, 2.24) is 25.2 Å². The number of aromatic nitrogens is 5. The average Bonchev–Trinajstić information content (AvgIpc) is 2.57. The highest BCUT2D eigenvalue weighted by Crippen LogP contribution is 2.27. The van der Waals surface area contributed by atoms with Gasteiger partial charge in [0.25, 0.3) is 0 Å². The van der Waals surface area contributed by atoms with Crippen LogP contribution >= 0.6 is 11.8 Å². The molecule has 0 spiro atoms. The minimum absolute atomic E-state index is 0.642. The summed E-state index contributed by atoms with van der Waals surface area (Å²) in [7, 11) is 1.77. The van der Waals surface area contributed by atoms with Crippen molar-refractivity contribution in [3.05, 3.63) is 17.8 Å². The lowest BCUT2D eigenvalue weighted by molar-refractivity contribution is 0.664. The third-order valence-electron chi connectivity index (χ3n) is 1.78. The highest BCUT2D eigenvalue weighted by molar-refractivity contribution is 7.99. The number of hydrogen-bond donors (Lipinski definition) is 1. The topological polar surface area (TPSA) is 82.5 Å². The Morgan fingerprint density at radius 3 is 2.87 bits per heavy atom. The van der Waals surface area contributed by atoms with Crippen LogP contribution in [0.3, 0.4) is 0 Å². The molecule has 0 aliphatic rings. The Morgan fingerprint density at radius 2 is 2.27 bits per heavy atom. The van der Waals surface area contributed by atoms with Crippen LogP contribution in [0.2, 0.25) is 0 Å². The first kappa shape index (κ1) is 9.91. The molecule has 2 aromatic rings. The molecule has 0 radical (unpaired) electrons. The van der Waals surface area contributed by atoms with Gasteiger partial charge in [-0.1, -0.05) is 0 Å². The second-order valence-corrected chi connectivity index (χ2v) is 4.05. The van der Waals surface area contributed by atoms with Gasteiger partial charge in [-0.25, -0.2) is 9.67 Å². The summed E-state index contributed by atoms with van der Waals surface area (Å²) in [6, 6.07) is 1.87. The van der Waals surface area contributed by atoms with Crippen molar-refractivity contribution in [1.29, 1.82) is 0 Å². The Hall–Kier alpha value is -1.63. The molecule has 0 aliphatic heterocycles. The standard InChI is InChI=1S/C8H10N6S/c1-5-3-6(9)7(10-4-5)15-8-11-12-13-14(8)2/h3-4H,9H2,1-2H3. The van der Waals surface area contributed by atoms with Gasteiger partial charge in [0.15, 0.2) is 0 Å². The fourth-order valence-electron chi connectivity index (χ4n) is 1.06. The largest absolute Gasteiger partial charge is 0.397 e. The number of nitrogen functional groups attached to an aromatic ring is 1. The van der Waals surface area contributed by atoms with E-state index < -0.39 is 0 Å². The summed E-state index contributed by atoms with van der Waals surface area (Å²) in [4.78, 5) is 4.22.